The van der Waals surface area contributed by atoms with Gasteiger partial charge in [0, 0.05) is 41.5 Å². The fraction of sp³-hybridized carbons (Fsp3) is 0.333. The van der Waals surface area contributed by atoms with Crippen molar-refractivity contribution in [2.24, 2.45) is 7.05 Å². The minimum absolute atomic E-state index is 0.0467. The van der Waals surface area contributed by atoms with Gasteiger partial charge in [-0.3, -0.25) is 13.9 Å². The molecule has 1 atom stereocenters. The van der Waals surface area contributed by atoms with Crippen molar-refractivity contribution >= 4 is 23.1 Å². The lowest BCUT2D eigenvalue weighted by molar-refractivity contribution is -0.127. The first-order valence-corrected chi connectivity index (χ1v) is 11.7. The van der Waals surface area contributed by atoms with Crippen LogP contribution in [0.1, 0.15) is 22.9 Å². The fourth-order valence-electron chi connectivity index (χ4n) is 4.30. The molecule has 1 aromatic carbocycles. The number of nitrogens with zero attached hydrogens (tertiary/aromatic N) is 6. The van der Waals surface area contributed by atoms with E-state index in [1.54, 1.807) is 17.9 Å². The van der Waals surface area contributed by atoms with Gasteiger partial charge in [0.15, 0.2) is 5.65 Å². The average molecular weight is 537 g/mol. The number of aromatic nitrogens is 5. The van der Waals surface area contributed by atoms with Gasteiger partial charge < -0.3 is 9.64 Å². The van der Waals surface area contributed by atoms with Crippen LogP contribution in [0.2, 0.25) is 5.02 Å². The molecule has 1 fully saturated rings. The van der Waals surface area contributed by atoms with E-state index in [1.165, 1.54) is 25.3 Å². The van der Waals surface area contributed by atoms with Gasteiger partial charge in [-0.05, 0) is 25.1 Å². The van der Waals surface area contributed by atoms with Gasteiger partial charge in [0.1, 0.15) is 23.4 Å². The molecule has 194 valence electrons. The number of alkyl halides is 3. The highest BCUT2D eigenvalue weighted by molar-refractivity contribution is 6.30. The standard InChI is InChI=1S/C24H21ClF4N6O2/c1-13-18(8-24(27,28)29)31-22-21(16-4-3-15(25)7-17(16)26)32-20(12-35(22)23(13)36)34-5-6-37-19(11-34)14-9-30-33(2)10-14/h3-4,7,9-10,12,19H,5-6,8,11H2,1-2H3/t19-/m1/s1. The van der Waals surface area contributed by atoms with Gasteiger partial charge in [-0.2, -0.15) is 18.3 Å². The van der Waals surface area contributed by atoms with Crippen LogP contribution in [0.5, 0.6) is 0 Å². The van der Waals surface area contributed by atoms with Crippen molar-refractivity contribution in [3.05, 3.63) is 74.8 Å². The number of benzene rings is 1. The van der Waals surface area contributed by atoms with Crippen LogP contribution in [0, 0.1) is 12.7 Å². The van der Waals surface area contributed by atoms with E-state index in [1.807, 2.05) is 11.1 Å². The molecule has 0 N–H and O–H groups in total. The van der Waals surface area contributed by atoms with E-state index < -0.39 is 29.7 Å². The molecule has 0 spiro atoms. The molecular formula is C24H21ClF4N6O2. The Morgan fingerprint density at radius 3 is 2.68 bits per heavy atom. The topological polar surface area (TPSA) is 77.6 Å². The molecule has 4 heterocycles. The first-order chi connectivity index (χ1) is 17.5. The second-order valence-corrected chi connectivity index (χ2v) is 9.24. The Hall–Kier alpha value is -3.51. The number of anilines is 1. The van der Waals surface area contributed by atoms with Crippen LogP contribution >= 0.6 is 11.6 Å². The van der Waals surface area contributed by atoms with Crippen LogP contribution in [0.4, 0.5) is 23.4 Å². The van der Waals surface area contributed by atoms with E-state index in [0.717, 1.165) is 16.0 Å². The van der Waals surface area contributed by atoms with Crippen LogP contribution in [-0.2, 0) is 18.2 Å². The summed E-state index contributed by atoms with van der Waals surface area (Å²) in [6, 6.07) is 3.86. The quantitative estimate of drug-likeness (QED) is 0.363. The Kier molecular flexibility index (Phi) is 6.40. The molecule has 0 bridgehead atoms. The zero-order valence-corrected chi connectivity index (χ0v) is 20.5. The maximum absolute atomic E-state index is 15.0. The normalized spacial score (nSPS) is 16.5. The molecule has 0 amide bonds. The molecule has 0 unspecified atom stereocenters. The van der Waals surface area contributed by atoms with Gasteiger partial charge in [0.05, 0.1) is 37.7 Å². The smallest absolute Gasteiger partial charge is 0.370 e. The highest BCUT2D eigenvalue weighted by Crippen LogP contribution is 2.31. The average Bonchev–Trinajstić information content (AvgIpc) is 3.28. The molecular weight excluding hydrogens is 516 g/mol. The molecule has 0 saturated carbocycles. The van der Waals surface area contributed by atoms with E-state index in [0.29, 0.717) is 25.5 Å². The Labute approximate surface area is 213 Å². The van der Waals surface area contributed by atoms with Gasteiger partial charge >= 0.3 is 6.18 Å². The summed E-state index contributed by atoms with van der Waals surface area (Å²) in [5, 5.41) is 4.30. The van der Waals surface area contributed by atoms with Crippen LogP contribution in [0.3, 0.4) is 0 Å². The number of hydrogen-bond donors (Lipinski definition) is 0. The summed E-state index contributed by atoms with van der Waals surface area (Å²) in [6.45, 7) is 2.42. The van der Waals surface area contributed by atoms with Gasteiger partial charge in [-0.25, -0.2) is 14.4 Å². The van der Waals surface area contributed by atoms with Crippen LogP contribution < -0.4 is 10.5 Å². The molecule has 8 nitrogen and oxygen atoms in total. The minimum Gasteiger partial charge on any atom is -0.370 e. The molecule has 3 aromatic heterocycles. The van der Waals surface area contributed by atoms with E-state index in [2.05, 4.69) is 15.1 Å². The highest BCUT2D eigenvalue weighted by Gasteiger charge is 2.31. The van der Waals surface area contributed by atoms with Crippen molar-refractivity contribution in [3.63, 3.8) is 0 Å². The summed E-state index contributed by atoms with van der Waals surface area (Å²) in [5.74, 6) is -0.428. The number of aryl methyl sites for hydroxylation is 1. The molecule has 0 radical (unpaired) electrons. The molecule has 0 aliphatic carbocycles. The molecule has 1 aliphatic heterocycles. The predicted octanol–water partition coefficient (Wildman–Crippen LogP) is 4.27. The second-order valence-electron chi connectivity index (χ2n) is 8.80. The predicted molar refractivity (Wildman–Crippen MR) is 128 cm³/mol. The largest absolute Gasteiger partial charge is 0.394 e. The lowest BCUT2D eigenvalue weighted by Gasteiger charge is -2.33. The summed E-state index contributed by atoms with van der Waals surface area (Å²) >= 11 is 5.91. The molecule has 5 rings (SSSR count). The summed E-state index contributed by atoms with van der Waals surface area (Å²) in [7, 11) is 1.79. The fourth-order valence-corrected chi connectivity index (χ4v) is 4.46. The zero-order chi connectivity index (χ0) is 26.5. The Morgan fingerprint density at radius 1 is 1.22 bits per heavy atom. The number of hydrogen-bond acceptors (Lipinski definition) is 6. The minimum atomic E-state index is -4.59. The van der Waals surface area contributed by atoms with Gasteiger partial charge in [-0.1, -0.05) is 11.6 Å². The van der Waals surface area contributed by atoms with Crippen molar-refractivity contribution in [2.45, 2.75) is 25.6 Å². The molecule has 37 heavy (non-hydrogen) atoms. The third-order valence-electron chi connectivity index (χ3n) is 6.17. The van der Waals surface area contributed by atoms with E-state index >= 15 is 4.39 Å². The Morgan fingerprint density at radius 2 is 2.00 bits per heavy atom. The monoisotopic (exact) mass is 536 g/mol. The van der Waals surface area contributed by atoms with Crippen molar-refractivity contribution in [3.8, 4) is 11.3 Å². The Balaban J connectivity index is 1.69. The number of fused-ring (bicyclic) bond motifs is 1. The van der Waals surface area contributed by atoms with E-state index in [9.17, 15) is 18.0 Å². The molecule has 1 saturated heterocycles. The maximum Gasteiger partial charge on any atom is 0.394 e. The van der Waals surface area contributed by atoms with Crippen LogP contribution in [0.15, 0.2) is 41.6 Å². The zero-order valence-electron chi connectivity index (χ0n) is 19.8. The number of halogens is 5. The van der Waals surface area contributed by atoms with Crippen LogP contribution in [0.25, 0.3) is 16.9 Å². The summed E-state index contributed by atoms with van der Waals surface area (Å²) in [6.07, 6.45) is -1.38. The summed E-state index contributed by atoms with van der Waals surface area (Å²) in [5.41, 5.74) is -0.734. The summed E-state index contributed by atoms with van der Waals surface area (Å²) in [4.78, 5) is 23.8. The van der Waals surface area contributed by atoms with E-state index in [-0.39, 0.29) is 33.6 Å². The number of ether oxygens (including phenoxy) is 1. The number of rotatable bonds is 4. The maximum atomic E-state index is 15.0. The van der Waals surface area contributed by atoms with Crippen LogP contribution in [-0.4, -0.2) is 50.0 Å². The van der Waals surface area contributed by atoms with Gasteiger partial charge in [0.25, 0.3) is 5.56 Å². The van der Waals surface area contributed by atoms with Gasteiger partial charge in [0.2, 0.25) is 0 Å². The van der Waals surface area contributed by atoms with Crippen molar-refractivity contribution in [2.75, 3.05) is 24.6 Å². The number of morpholine rings is 1. The third kappa shape index (κ3) is 5.03. The SMILES string of the molecule is Cc1c(CC(F)(F)F)nc2c(-c3ccc(Cl)cc3F)nc(N3CCO[C@@H](c4cnn(C)c4)C3)cn2c1=O. The Bertz CT molecular complexity index is 1550. The highest BCUT2D eigenvalue weighted by atomic mass is 35.5. The van der Waals surface area contributed by atoms with Crippen molar-refractivity contribution in [1.82, 2.24) is 24.1 Å². The second kappa shape index (κ2) is 9.42. The third-order valence-corrected chi connectivity index (χ3v) is 6.40. The molecule has 4 aromatic rings. The van der Waals surface area contributed by atoms with Crippen molar-refractivity contribution in [1.29, 1.82) is 0 Å². The summed E-state index contributed by atoms with van der Waals surface area (Å²) < 4.78 is 63.3. The first-order valence-electron chi connectivity index (χ1n) is 11.3. The lowest BCUT2D eigenvalue weighted by atomic mass is 10.1. The van der Waals surface area contributed by atoms with Crippen molar-refractivity contribution < 1.29 is 22.3 Å². The molecule has 1 aliphatic rings. The lowest BCUT2D eigenvalue weighted by Crippen LogP contribution is -2.39. The molecule has 13 heteroatoms. The first kappa shape index (κ1) is 25.2. The van der Waals surface area contributed by atoms with E-state index in [4.69, 9.17) is 16.3 Å². The van der Waals surface area contributed by atoms with Gasteiger partial charge in [-0.15, -0.1) is 0 Å².